The lowest BCUT2D eigenvalue weighted by atomic mass is 10.0. The number of benzene rings is 1. The molecule has 0 radical (unpaired) electrons. The minimum atomic E-state index is 0.155. The van der Waals surface area contributed by atoms with Crippen LogP contribution in [0.25, 0.3) is 0 Å². The van der Waals surface area contributed by atoms with Gasteiger partial charge in [0.15, 0.2) is 0 Å². The van der Waals surface area contributed by atoms with Gasteiger partial charge in [0.25, 0.3) is 0 Å². The molecule has 1 heterocycles. The molecule has 0 atom stereocenters. The van der Waals surface area contributed by atoms with Crippen LogP contribution in [0.3, 0.4) is 0 Å². The van der Waals surface area contributed by atoms with Crippen LogP contribution in [0.2, 0.25) is 0 Å². The monoisotopic (exact) mass is 243 g/mol. The highest BCUT2D eigenvalue weighted by Crippen LogP contribution is 2.31. The first-order valence-electron chi connectivity index (χ1n) is 6.04. The van der Waals surface area contributed by atoms with Crippen molar-refractivity contribution in [3.8, 4) is 5.75 Å². The largest absolute Gasteiger partial charge is 0.490 e. The quantitative estimate of drug-likeness (QED) is 0.744. The fourth-order valence-electron chi connectivity index (χ4n) is 2.11. The summed E-state index contributed by atoms with van der Waals surface area (Å²) in [6, 6.07) is 5.83. The zero-order chi connectivity index (χ0) is 13.0. The molecule has 0 N–H and O–H groups in total. The second kappa shape index (κ2) is 5.54. The maximum absolute atomic E-state index is 11.8. The van der Waals surface area contributed by atoms with Crippen molar-refractivity contribution in [3.63, 3.8) is 0 Å². The van der Waals surface area contributed by atoms with E-state index < -0.39 is 0 Å². The second-order valence-corrected chi connectivity index (χ2v) is 4.18. The lowest BCUT2D eigenvalue weighted by Gasteiger charge is -2.28. The SMILES string of the molecule is C=CCOc1ccc2c(c1)CCC(=O)N2CC=C. The molecule has 1 amide bonds. The van der Waals surface area contributed by atoms with Gasteiger partial charge in [0, 0.05) is 18.7 Å². The van der Waals surface area contributed by atoms with E-state index in [9.17, 15) is 4.79 Å². The third-order valence-electron chi connectivity index (χ3n) is 2.93. The minimum absolute atomic E-state index is 0.155. The molecule has 3 heteroatoms. The number of ether oxygens (including phenoxy) is 1. The summed E-state index contributed by atoms with van der Waals surface area (Å²) in [6.07, 6.45) is 4.78. The van der Waals surface area contributed by atoms with Gasteiger partial charge in [-0.05, 0) is 30.2 Å². The Balaban J connectivity index is 2.27. The lowest BCUT2D eigenvalue weighted by molar-refractivity contribution is -0.118. The molecular formula is C15H17NO2. The summed E-state index contributed by atoms with van der Waals surface area (Å²) >= 11 is 0. The molecule has 1 aromatic carbocycles. The average Bonchev–Trinajstić information content (AvgIpc) is 2.39. The molecule has 94 valence electrons. The van der Waals surface area contributed by atoms with Crippen LogP contribution in [0.15, 0.2) is 43.5 Å². The Hall–Kier alpha value is -2.03. The van der Waals surface area contributed by atoms with Crippen LogP contribution < -0.4 is 9.64 Å². The zero-order valence-electron chi connectivity index (χ0n) is 10.4. The van der Waals surface area contributed by atoms with Crippen LogP contribution >= 0.6 is 0 Å². The molecule has 1 aromatic rings. The summed E-state index contributed by atoms with van der Waals surface area (Å²) in [6.45, 7) is 8.36. The Morgan fingerprint density at radius 3 is 2.83 bits per heavy atom. The molecule has 18 heavy (non-hydrogen) atoms. The molecule has 0 aromatic heterocycles. The predicted molar refractivity (Wildman–Crippen MR) is 73.0 cm³/mol. The first-order valence-corrected chi connectivity index (χ1v) is 6.04. The number of amides is 1. The van der Waals surface area contributed by atoms with Gasteiger partial charge in [0.1, 0.15) is 12.4 Å². The first-order chi connectivity index (χ1) is 8.76. The van der Waals surface area contributed by atoms with Crippen LogP contribution in [0.5, 0.6) is 5.75 Å². The van der Waals surface area contributed by atoms with Crippen molar-refractivity contribution in [2.75, 3.05) is 18.1 Å². The number of hydrogen-bond acceptors (Lipinski definition) is 2. The maximum Gasteiger partial charge on any atom is 0.227 e. The summed E-state index contributed by atoms with van der Waals surface area (Å²) in [7, 11) is 0. The summed E-state index contributed by atoms with van der Waals surface area (Å²) in [5.41, 5.74) is 2.12. The third kappa shape index (κ3) is 2.45. The summed E-state index contributed by atoms with van der Waals surface area (Å²) in [4.78, 5) is 13.6. The van der Waals surface area contributed by atoms with E-state index in [0.29, 0.717) is 19.6 Å². The molecule has 0 spiro atoms. The normalized spacial score (nSPS) is 14.0. The number of aryl methyl sites for hydroxylation is 1. The molecule has 0 bridgehead atoms. The molecule has 0 unspecified atom stereocenters. The average molecular weight is 243 g/mol. The zero-order valence-corrected chi connectivity index (χ0v) is 10.4. The summed E-state index contributed by atoms with van der Waals surface area (Å²) < 4.78 is 5.50. The van der Waals surface area contributed by atoms with E-state index in [2.05, 4.69) is 13.2 Å². The van der Waals surface area contributed by atoms with E-state index in [-0.39, 0.29) is 5.91 Å². The Labute approximate surface area is 107 Å². The highest BCUT2D eigenvalue weighted by molar-refractivity contribution is 5.96. The van der Waals surface area contributed by atoms with Crippen molar-refractivity contribution in [2.45, 2.75) is 12.8 Å². The highest BCUT2D eigenvalue weighted by atomic mass is 16.5. The van der Waals surface area contributed by atoms with Crippen LogP contribution in [-0.4, -0.2) is 19.1 Å². The number of anilines is 1. The van der Waals surface area contributed by atoms with Crippen molar-refractivity contribution >= 4 is 11.6 Å². The number of nitrogens with zero attached hydrogens (tertiary/aromatic N) is 1. The van der Waals surface area contributed by atoms with Crippen molar-refractivity contribution in [2.24, 2.45) is 0 Å². The van der Waals surface area contributed by atoms with Crippen LogP contribution in [0, 0.1) is 0 Å². The van der Waals surface area contributed by atoms with Gasteiger partial charge in [-0.25, -0.2) is 0 Å². The summed E-state index contributed by atoms with van der Waals surface area (Å²) in [5, 5.41) is 0. The number of carbonyl (C=O) groups excluding carboxylic acids is 1. The molecule has 2 rings (SSSR count). The van der Waals surface area contributed by atoms with Gasteiger partial charge in [-0.15, -0.1) is 6.58 Å². The molecule has 3 nitrogen and oxygen atoms in total. The van der Waals surface area contributed by atoms with Gasteiger partial charge in [0.2, 0.25) is 5.91 Å². The molecular weight excluding hydrogens is 226 g/mol. The lowest BCUT2D eigenvalue weighted by Crippen LogP contribution is -2.35. The second-order valence-electron chi connectivity index (χ2n) is 4.18. The van der Waals surface area contributed by atoms with Crippen molar-refractivity contribution < 1.29 is 9.53 Å². The standard InChI is InChI=1S/C15H17NO2/c1-3-9-16-14-7-6-13(18-10-4-2)11-12(14)5-8-15(16)17/h3-4,6-7,11H,1-2,5,8-10H2. The smallest absolute Gasteiger partial charge is 0.227 e. The van der Waals surface area contributed by atoms with E-state index in [4.69, 9.17) is 4.74 Å². The van der Waals surface area contributed by atoms with Crippen LogP contribution in [-0.2, 0) is 11.2 Å². The Morgan fingerprint density at radius 1 is 1.28 bits per heavy atom. The Bertz CT molecular complexity index is 479. The highest BCUT2D eigenvalue weighted by Gasteiger charge is 2.23. The van der Waals surface area contributed by atoms with Crippen molar-refractivity contribution in [1.82, 2.24) is 0 Å². The van der Waals surface area contributed by atoms with E-state index in [0.717, 1.165) is 23.4 Å². The fraction of sp³-hybridized carbons (Fsp3) is 0.267. The van der Waals surface area contributed by atoms with Gasteiger partial charge in [-0.1, -0.05) is 18.7 Å². The van der Waals surface area contributed by atoms with Crippen LogP contribution in [0.1, 0.15) is 12.0 Å². The van der Waals surface area contributed by atoms with Gasteiger partial charge >= 0.3 is 0 Å². The van der Waals surface area contributed by atoms with Crippen molar-refractivity contribution in [1.29, 1.82) is 0 Å². The molecule has 0 aliphatic carbocycles. The van der Waals surface area contributed by atoms with Gasteiger partial charge in [-0.3, -0.25) is 4.79 Å². The van der Waals surface area contributed by atoms with Crippen molar-refractivity contribution in [3.05, 3.63) is 49.1 Å². The minimum Gasteiger partial charge on any atom is -0.490 e. The number of fused-ring (bicyclic) bond motifs is 1. The topological polar surface area (TPSA) is 29.5 Å². The fourth-order valence-corrected chi connectivity index (χ4v) is 2.11. The van der Waals surface area contributed by atoms with E-state index in [1.54, 1.807) is 17.1 Å². The predicted octanol–water partition coefficient (Wildman–Crippen LogP) is 2.72. The molecule has 0 fully saturated rings. The van der Waals surface area contributed by atoms with Gasteiger partial charge in [0.05, 0.1) is 0 Å². The third-order valence-corrected chi connectivity index (χ3v) is 2.93. The Kier molecular flexibility index (Phi) is 3.82. The maximum atomic E-state index is 11.8. The van der Waals surface area contributed by atoms with E-state index in [1.807, 2.05) is 18.2 Å². The van der Waals surface area contributed by atoms with Crippen LogP contribution in [0.4, 0.5) is 5.69 Å². The van der Waals surface area contributed by atoms with Gasteiger partial charge in [-0.2, -0.15) is 0 Å². The van der Waals surface area contributed by atoms with E-state index >= 15 is 0 Å². The molecule has 0 saturated heterocycles. The molecule has 0 saturated carbocycles. The molecule has 1 aliphatic heterocycles. The number of rotatable bonds is 5. The number of carbonyl (C=O) groups is 1. The number of hydrogen-bond donors (Lipinski definition) is 0. The first kappa shape index (κ1) is 12.4. The van der Waals surface area contributed by atoms with E-state index in [1.165, 1.54) is 0 Å². The molecule has 1 aliphatic rings. The van der Waals surface area contributed by atoms with Gasteiger partial charge < -0.3 is 9.64 Å². The Morgan fingerprint density at radius 2 is 2.11 bits per heavy atom. The summed E-state index contributed by atoms with van der Waals surface area (Å²) in [5.74, 6) is 0.976.